The van der Waals surface area contributed by atoms with Crippen LogP contribution in [0, 0.1) is 6.92 Å². The summed E-state index contributed by atoms with van der Waals surface area (Å²) in [6.45, 7) is 3.58. The fourth-order valence-corrected chi connectivity index (χ4v) is 1.20. The average molecular weight is 229 g/mol. The summed E-state index contributed by atoms with van der Waals surface area (Å²) in [7, 11) is 0. The molecule has 1 unspecified atom stereocenters. The molecule has 0 heterocycles. The Hall–Kier alpha value is -1.42. The van der Waals surface area contributed by atoms with Crippen LogP contribution in [0.5, 0.6) is 5.75 Å². The number of oxime groups is 1. The Labute approximate surface area is 93.3 Å². The van der Waals surface area contributed by atoms with Crippen molar-refractivity contribution in [3.05, 3.63) is 28.8 Å². The maximum absolute atomic E-state index is 8.46. The first-order valence-electron chi connectivity index (χ1n) is 4.45. The molecule has 82 valence electrons. The highest BCUT2D eigenvalue weighted by molar-refractivity contribution is 6.30. The number of nitrogens with zero attached hydrogens (tertiary/aromatic N) is 1. The Bertz CT molecular complexity index is 380. The SMILES string of the molecule is Cc1ccc(Cl)cc1OC(C)C(N)=NO. The predicted octanol–water partition coefficient (Wildman–Crippen LogP) is 2.16. The molecular weight excluding hydrogens is 216 g/mol. The average Bonchev–Trinajstić information content (AvgIpc) is 2.22. The Morgan fingerprint density at radius 1 is 1.60 bits per heavy atom. The van der Waals surface area contributed by atoms with Crippen molar-refractivity contribution in [1.29, 1.82) is 0 Å². The zero-order valence-electron chi connectivity index (χ0n) is 8.57. The Balaban J connectivity index is 2.85. The molecule has 0 saturated heterocycles. The largest absolute Gasteiger partial charge is 0.482 e. The van der Waals surface area contributed by atoms with Gasteiger partial charge in [0.15, 0.2) is 11.9 Å². The second kappa shape index (κ2) is 4.89. The number of hydrogen-bond acceptors (Lipinski definition) is 3. The quantitative estimate of drug-likeness (QED) is 0.361. The minimum atomic E-state index is -0.493. The van der Waals surface area contributed by atoms with Gasteiger partial charge in [0, 0.05) is 5.02 Å². The summed E-state index contributed by atoms with van der Waals surface area (Å²) in [4.78, 5) is 0. The van der Waals surface area contributed by atoms with Gasteiger partial charge < -0.3 is 15.7 Å². The summed E-state index contributed by atoms with van der Waals surface area (Å²) in [6, 6.07) is 5.31. The van der Waals surface area contributed by atoms with Gasteiger partial charge in [0.05, 0.1) is 0 Å². The molecule has 5 heteroatoms. The van der Waals surface area contributed by atoms with Gasteiger partial charge in [-0.25, -0.2) is 0 Å². The number of ether oxygens (including phenoxy) is 1. The predicted molar refractivity (Wildman–Crippen MR) is 59.7 cm³/mol. The molecule has 1 aromatic carbocycles. The number of amidine groups is 1. The Morgan fingerprint density at radius 3 is 2.87 bits per heavy atom. The number of halogens is 1. The van der Waals surface area contributed by atoms with E-state index in [9.17, 15) is 0 Å². The maximum atomic E-state index is 8.46. The lowest BCUT2D eigenvalue weighted by Crippen LogP contribution is -2.31. The molecule has 0 spiro atoms. The van der Waals surface area contributed by atoms with Gasteiger partial charge in [0.25, 0.3) is 0 Å². The molecule has 3 N–H and O–H groups in total. The lowest BCUT2D eigenvalue weighted by Gasteiger charge is -2.15. The molecule has 0 radical (unpaired) electrons. The van der Waals surface area contributed by atoms with Gasteiger partial charge >= 0.3 is 0 Å². The molecule has 4 nitrogen and oxygen atoms in total. The third-order valence-electron chi connectivity index (χ3n) is 1.99. The highest BCUT2D eigenvalue weighted by Crippen LogP contribution is 2.23. The van der Waals surface area contributed by atoms with E-state index >= 15 is 0 Å². The first kappa shape index (κ1) is 11.7. The monoisotopic (exact) mass is 228 g/mol. The van der Waals surface area contributed by atoms with E-state index in [1.165, 1.54) is 0 Å². The van der Waals surface area contributed by atoms with Crippen molar-refractivity contribution in [2.75, 3.05) is 0 Å². The first-order valence-corrected chi connectivity index (χ1v) is 4.82. The summed E-state index contributed by atoms with van der Waals surface area (Å²) >= 11 is 5.82. The minimum absolute atomic E-state index is 0.0226. The van der Waals surface area contributed by atoms with Crippen molar-refractivity contribution in [1.82, 2.24) is 0 Å². The van der Waals surface area contributed by atoms with E-state index in [1.54, 1.807) is 19.1 Å². The molecule has 0 aliphatic carbocycles. The van der Waals surface area contributed by atoms with E-state index in [0.717, 1.165) is 5.56 Å². The van der Waals surface area contributed by atoms with Crippen molar-refractivity contribution in [3.8, 4) is 5.75 Å². The summed E-state index contributed by atoms with van der Waals surface area (Å²) in [6.07, 6.45) is -0.493. The second-order valence-electron chi connectivity index (χ2n) is 3.19. The summed E-state index contributed by atoms with van der Waals surface area (Å²) < 4.78 is 5.48. The van der Waals surface area contributed by atoms with Crippen LogP contribution in [0.1, 0.15) is 12.5 Å². The van der Waals surface area contributed by atoms with Crippen LogP contribution in [0.3, 0.4) is 0 Å². The summed E-state index contributed by atoms with van der Waals surface area (Å²) in [5, 5.41) is 11.9. The van der Waals surface area contributed by atoms with Crippen LogP contribution < -0.4 is 10.5 Å². The lowest BCUT2D eigenvalue weighted by atomic mass is 10.2. The zero-order valence-corrected chi connectivity index (χ0v) is 9.32. The van der Waals surface area contributed by atoms with Crippen LogP contribution in [0.4, 0.5) is 0 Å². The van der Waals surface area contributed by atoms with Crippen molar-refractivity contribution in [2.24, 2.45) is 10.9 Å². The number of rotatable bonds is 3. The molecule has 0 aliphatic rings. The normalized spacial score (nSPS) is 13.7. The van der Waals surface area contributed by atoms with Gasteiger partial charge in [-0.05, 0) is 31.5 Å². The fourth-order valence-electron chi connectivity index (χ4n) is 1.03. The molecule has 0 aliphatic heterocycles. The number of nitrogens with two attached hydrogens (primary N) is 1. The minimum Gasteiger partial charge on any atom is -0.482 e. The van der Waals surface area contributed by atoms with E-state index in [1.807, 2.05) is 13.0 Å². The fraction of sp³-hybridized carbons (Fsp3) is 0.300. The maximum Gasteiger partial charge on any atom is 0.180 e. The van der Waals surface area contributed by atoms with Crippen LogP contribution in [-0.4, -0.2) is 17.1 Å². The van der Waals surface area contributed by atoms with Crippen molar-refractivity contribution in [2.45, 2.75) is 20.0 Å². The van der Waals surface area contributed by atoms with Gasteiger partial charge in [0.1, 0.15) is 5.75 Å². The summed E-state index contributed by atoms with van der Waals surface area (Å²) in [5.41, 5.74) is 6.34. The van der Waals surface area contributed by atoms with E-state index in [0.29, 0.717) is 10.8 Å². The highest BCUT2D eigenvalue weighted by Gasteiger charge is 2.10. The van der Waals surface area contributed by atoms with Crippen molar-refractivity contribution < 1.29 is 9.94 Å². The molecule has 0 fully saturated rings. The van der Waals surface area contributed by atoms with Crippen LogP contribution in [0.15, 0.2) is 23.4 Å². The molecule has 0 bridgehead atoms. The van der Waals surface area contributed by atoms with E-state index in [4.69, 9.17) is 27.3 Å². The van der Waals surface area contributed by atoms with Crippen LogP contribution in [0.2, 0.25) is 5.02 Å². The summed E-state index contributed by atoms with van der Waals surface area (Å²) in [5.74, 6) is 0.649. The third kappa shape index (κ3) is 3.02. The third-order valence-corrected chi connectivity index (χ3v) is 2.22. The van der Waals surface area contributed by atoms with Gasteiger partial charge in [0.2, 0.25) is 0 Å². The van der Waals surface area contributed by atoms with Gasteiger partial charge in [-0.3, -0.25) is 0 Å². The van der Waals surface area contributed by atoms with E-state index in [2.05, 4.69) is 5.16 Å². The van der Waals surface area contributed by atoms with Gasteiger partial charge in [-0.2, -0.15) is 0 Å². The smallest absolute Gasteiger partial charge is 0.180 e. The number of aryl methyl sites for hydroxylation is 1. The van der Waals surface area contributed by atoms with Crippen molar-refractivity contribution >= 4 is 17.4 Å². The topological polar surface area (TPSA) is 67.8 Å². The molecule has 0 saturated carbocycles. The van der Waals surface area contributed by atoms with Crippen LogP contribution in [0.25, 0.3) is 0 Å². The molecule has 1 aromatic rings. The Morgan fingerprint density at radius 2 is 2.27 bits per heavy atom. The standard InChI is InChI=1S/C10H13ClN2O2/c1-6-3-4-8(11)5-9(6)15-7(2)10(12)13-14/h3-5,7,14H,1-2H3,(H2,12,13). The van der Waals surface area contributed by atoms with Crippen LogP contribution >= 0.6 is 11.6 Å². The van der Waals surface area contributed by atoms with E-state index in [-0.39, 0.29) is 5.84 Å². The zero-order chi connectivity index (χ0) is 11.4. The van der Waals surface area contributed by atoms with Crippen molar-refractivity contribution in [3.63, 3.8) is 0 Å². The van der Waals surface area contributed by atoms with Gasteiger partial charge in [-0.15, -0.1) is 0 Å². The second-order valence-corrected chi connectivity index (χ2v) is 3.63. The van der Waals surface area contributed by atoms with E-state index < -0.39 is 6.10 Å². The molecule has 0 amide bonds. The number of benzene rings is 1. The molecule has 15 heavy (non-hydrogen) atoms. The lowest BCUT2D eigenvalue weighted by molar-refractivity contribution is 0.264. The number of hydrogen-bond donors (Lipinski definition) is 2. The molecule has 1 atom stereocenters. The van der Waals surface area contributed by atoms with Gasteiger partial charge in [-0.1, -0.05) is 22.8 Å². The Kier molecular flexibility index (Phi) is 3.80. The molecule has 0 aromatic heterocycles. The highest BCUT2D eigenvalue weighted by atomic mass is 35.5. The molecule has 1 rings (SSSR count). The first-order chi connectivity index (χ1) is 7.04. The molecular formula is C10H13ClN2O2. The van der Waals surface area contributed by atoms with Crippen LogP contribution in [-0.2, 0) is 0 Å².